The first kappa shape index (κ1) is 18.1. The summed E-state index contributed by atoms with van der Waals surface area (Å²) in [4.78, 5) is 5.94. The zero-order chi connectivity index (χ0) is 19.0. The van der Waals surface area contributed by atoms with Crippen molar-refractivity contribution in [3.63, 3.8) is 0 Å². The summed E-state index contributed by atoms with van der Waals surface area (Å²) in [6.45, 7) is 5.02. The summed E-state index contributed by atoms with van der Waals surface area (Å²) in [5.74, 6) is 0.0372. The second-order valence-electron chi connectivity index (χ2n) is 6.85. The van der Waals surface area contributed by atoms with E-state index in [1.54, 1.807) is 16.7 Å². The van der Waals surface area contributed by atoms with E-state index in [0.717, 1.165) is 39.1 Å². The maximum atomic E-state index is 13.6. The molecule has 4 rings (SSSR count). The minimum absolute atomic E-state index is 0.0372. The second kappa shape index (κ2) is 7.01. The molecule has 1 aromatic carbocycles. The number of halogens is 3. The number of piperazine rings is 1. The number of alkyl halides is 3. The SMILES string of the molecule is Oc1ccc2c3ccnc(C(F)(F)F)c3n(CCCN3CCNCC3)c2c1. The molecule has 0 atom stereocenters. The highest BCUT2D eigenvalue weighted by Gasteiger charge is 2.36. The lowest BCUT2D eigenvalue weighted by atomic mass is 10.1. The van der Waals surface area contributed by atoms with Crippen molar-refractivity contribution in [3.05, 3.63) is 36.2 Å². The highest BCUT2D eigenvalue weighted by atomic mass is 19.4. The molecule has 1 saturated heterocycles. The Morgan fingerprint density at radius 3 is 2.59 bits per heavy atom. The number of phenolic OH excluding ortho intramolecular Hbond substituents is 1. The fourth-order valence-electron chi connectivity index (χ4n) is 3.86. The molecular formula is C19H21F3N4O. The zero-order valence-corrected chi connectivity index (χ0v) is 14.8. The number of hydrogen-bond donors (Lipinski definition) is 2. The minimum atomic E-state index is -4.54. The Morgan fingerprint density at radius 1 is 1.07 bits per heavy atom. The van der Waals surface area contributed by atoms with Gasteiger partial charge in [0.25, 0.3) is 0 Å². The fraction of sp³-hybridized carbons (Fsp3) is 0.421. The lowest BCUT2D eigenvalue weighted by Crippen LogP contribution is -2.43. The third kappa shape index (κ3) is 3.46. The molecule has 0 bridgehead atoms. The van der Waals surface area contributed by atoms with Gasteiger partial charge >= 0.3 is 6.18 Å². The van der Waals surface area contributed by atoms with Gasteiger partial charge in [0.2, 0.25) is 0 Å². The molecule has 0 spiro atoms. The molecule has 2 aromatic heterocycles. The quantitative estimate of drug-likeness (QED) is 0.732. The van der Waals surface area contributed by atoms with E-state index in [4.69, 9.17) is 0 Å². The van der Waals surface area contributed by atoms with Crippen LogP contribution < -0.4 is 5.32 Å². The lowest BCUT2D eigenvalue weighted by molar-refractivity contribution is -0.140. The first-order valence-corrected chi connectivity index (χ1v) is 9.05. The summed E-state index contributed by atoms with van der Waals surface area (Å²) in [6, 6.07) is 6.30. The van der Waals surface area contributed by atoms with Gasteiger partial charge in [0.05, 0.1) is 11.0 Å². The van der Waals surface area contributed by atoms with E-state index in [0.29, 0.717) is 22.8 Å². The van der Waals surface area contributed by atoms with Gasteiger partial charge in [-0.2, -0.15) is 13.2 Å². The van der Waals surface area contributed by atoms with Crippen LogP contribution in [0, 0.1) is 0 Å². The van der Waals surface area contributed by atoms with Crippen molar-refractivity contribution in [2.75, 3.05) is 32.7 Å². The fourth-order valence-corrected chi connectivity index (χ4v) is 3.86. The maximum absolute atomic E-state index is 13.6. The van der Waals surface area contributed by atoms with Crippen LogP contribution in [-0.2, 0) is 12.7 Å². The number of rotatable bonds is 4. The summed E-state index contributed by atoms with van der Waals surface area (Å²) in [7, 11) is 0. The van der Waals surface area contributed by atoms with E-state index in [2.05, 4.69) is 15.2 Å². The van der Waals surface area contributed by atoms with Crippen LogP contribution in [0.4, 0.5) is 13.2 Å². The third-order valence-corrected chi connectivity index (χ3v) is 5.09. The number of hydrogen-bond acceptors (Lipinski definition) is 4. The van der Waals surface area contributed by atoms with Gasteiger partial charge in [-0.25, -0.2) is 4.98 Å². The summed E-state index contributed by atoms with van der Waals surface area (Å²) in [5, 5.41) is 14.4. The average Bonchev–Trinajstić information content (AvgIpc) is 2.95. The van der Waals surface area contributed by atoms with Gasteiger partial charge in [-0.1, -0.05) is 0 Å². The zero-order valence-electron chi connectivity index (χ0n) is 14.8. The molecule has 1 aliphatic rings. The van der Waals surface area contributed by atoms with Crippen molar-refractivity contribution in [3.8, 4) is 5.75 Å². The maximum Gasteiger partial charge on any atom is 0.435 e. The Bertz CT molecular complexity index is 961. The van der Waals surface area contributed by atoms with Crippen LogP contribution in [0.2, 0.25) is 0 Å². The highest BCUT2D eigenvalue weighted by Crippen LogP contribution is 2.38. The third-order valence-electron chi connectivity index (χ3n) is 5.09. The van der Waals surface area contributed by atoms with Crippen LogP contribution in [0.3, 0.4) is 0 Å². The molecule has 2 N–H and O–H groups in total. The Morgan fingerprint density at radius 2 is 1.85 bits per heavy atom. The van der Waals surface area contributed by atoms with Crippen molar-refractivity contribution < 1.29 is 18.3 Å². The summed E-state index contributed by atoms with van der Waals surface area (Å²) in [5.41, 5.74) is -0.187. The number of benzene rings is 1. The Hall–Kier alpha value is -2.32. The topological polar surface area (TPSA) is 53.3 Å². The molecule has 5 nitrogen and oxygen atoms in total. The Balaban J connectivity index is 1.76. The van der Waals surface area contributed by atoms with Crippen LogP contribution in [0.15, 0.2) is 30.5 Å². The van der Waals surface area contributed by atoms with E-state index in [9.17, 15) is 18.3 Å². The molecule has 0 radical (unpaired) electrons. The number of nitrogens with one attached hydrogen (secondary N) is 1. The van der Waals surface area contributed by atoms with Gasteiger partial charge < -0.3 is 19.9 Å². The van der Waals surface area contributed by atoms with Crippen molar-refractivity contribution >= 4 is 21.8 Å². The van der Waals surface area contributed by atoms with Crippen LogP contribution in [-0.4, -0.2) is 52.3 Å². The number of aryl methyl sites for hydroxylation is 1. The number of pyridine rings is 1. The molecule has 144 valence electrons. The van der Waals surface area contributed by atoms with E-state index >= 15 is 0 Å². The summed E-state index contributed by atoms with van der Waals surface area (Å²) < 4.78 is 42.4. The second-order valence-corrected chi connectivity index (χ2v) is 6.85. The van der Waals surface area contributed by atoms with E-state index in [-0.39, 0.29) is 11.3 Å². The smallest absolute Gasteiger partial charge is 0.435 e. The molecule has 1 fully saturated rings. The number of aromatic nitrogens is 2. The average molecular weight is 378 g/mol. The Labute approximate surface area is 154 Å². The number of nitrogens with zero attached hydrogens (tertiary/aromatic N) is 3. The Kier molecular flexibility index (Phi) is 4.69. The van der Waals surface area contributed by atoms with E-state index in [1.165, 1.54) is 18.3 Å². The molecule has 0 amide bonds. The largest absolute Gasteiger partial charge is 0.508 e. The molecule has 0 aliphatic carbocycles. The predicted molar refractivity (Wildman–Crippen MR) is 97.8 cm³/mol. The molecule has 0 saturated carbocycles. The van der Waals surface area contributed by atoms with E-state index in [1.807, 2.05) is 0 Å². The van der Waals surface area contributed by atoms with Crippen LogP contribution in [0.25, 0.3) is 21.8 Å². The van der Waals surface area contributed by atoms with Crippen molar-refractivity contribution in [1.82, 2.24) is 19.8 Å². The number of aromatic hydroxyl groups is 1. The van der Waals surface area contributed by atoms with Gasteiger partial charge in [-0.05, 0) is 31.2 Å². The van der Waals surface area contributed by atoms with Crippen LogP contribution >= 0.6 is 0 Å². The predicted octanol–water partition coefficient (Wildman–Crippen LogP) is 3.21. The van der Waals surface area contributed by atoms with Crippen molar-refractivity contribution in [2.45, 2.75) is 19.1 Å². The monoisotopic (exact) mass is 378 g/mol. The number of phenols is 1. The molecule has 1 aliphatic heterocycles. The van der Waals surface area contributed by atoms with Gasteiger partial charge in [-0.3, -0.25) is 0 Å². The van der Waals surface area contributed by atoms with Crippen molar-refractivity contribution in [2.24, 2.45) is 0 Å². The normalized spacial score (nSPS) is 16.4. The number of fused-ring (bicyclic) bond motifs is 3. The first-order chi connectivity index (χ1) is 12.9. The minimum Gasteiger partial charge on any atom is -0.508 e. The van der Waals surface area contributed by atoms with Crippen LogP contribution in [0.1, 0.15) is 12.1 Å². The molecule has 3 aromatic rings. The molecule has 3 heterocycles. The lowest BCUT2D eigenvalue weighted by Gasteiger charge is -2.27. The molecular weight excluding hydrogens is 357 g/mol. The highest BCUT2D eigenvalue weighted by molar-refractivity contribution is 6.09. The summed E-state index contributed by atoms with van der Waals surface area (Å²) >= 11 is 0. The van der Waals surface area contributed by atoms with Crippen molar-refractivity contribution in [1.29, 1.82) is 0 Å². The van der Waals surface area contributed by atoms with Gasteiger partial charge in [0.1, 0.15) is 5.75 Å². The van der Waals surface area contributed by atoms with E-state index < -0.39 is 11.9 Å². The molecule has 8 heteroatoms. The molecule has 0 unspecified atom stereocenters. The van der Waals surface area contributed by atoms with Gasteiger partial charge in [-0.15, -0.1) is 0 Å². The van der Waals surface area contributed by atoms with Gasteiger partial charge in [0, 0.05) is 55.8 Å². The standard InChI is InChI=1S/C19H21F3N4O/c20-19(21,22)18-17-15(4-5-24-18)14-3-2-13(27)12-16(14)26(17)9-1-8-25-10-6-23-7-11-25/h2-5,12,23,27H,1,6-11H2. The first-order valence-electron chi connectivity index (χ1n) is 9.05. The summed E-state index contributed by atoms with van der Waals surface area (Å²) in [6.07, 6.45) is -2.62. The van der Waals surface area contributed by atoms with Crippen LogP contribution in [0.5, 0.6) is 5.75 Å². The van der Waals surface area contributed by atoms with Gasteiger partial charge in [0.15, 0.2) is 5.69 Å². The molecule has 27 heavy (non-hydrogen) atoms.